The molecule has 5 rings (SSSR count). The number of aliphatic hydroxyl groups excluding tert-OH is 1. The average molecular weight is 526 g/mol. The van der Waals surface area contributed by atoms with Gasteiger partial charge in [-0.15, -0.1) is 0 Å². The molecule has 2 aliphatic rings. The van der Waals surface area contributed by atoms with E-state index in [-0.39, 0.29) is 29.1 Å². The monoisotopic (exact) mass is 525 g/mol. The molecule has 0 saturated carbocycles. The predicted octanol–water partition coefficient (Wildman–Crippen LogP) is 4.99. The Balaban J connectivity index is 1.38. The van der Waals surface area contributed by atoms with Crippen molar-refractivity contribution in [3.8, 4) is 5.75 Å². The summed E-state index contributed by atoms with van der Waals surface area (Å²) in [6.45, 7) is 9.02. The fraction of sp³-hybridized carbons (Fsp3) is 0.364. The van der Waals surface area contributed by atoms with Gasteiger partial charge in [0.1, 0.15) is 5.75 Å². The molecule has 2 aliphatic heterocycles. The number of aliphatic hydroxyl groups is 1. The molecule has 204 valence electrons. The molecule has 4 N–H and O–H groups in total. The van der Waals surface area contributed by atoms with Crippen LogP contribution in [0.25, 0.3) is 11.1 Å². The first-order chi connectivity index (χ1) is 18.8. The summed E-state index contributed by atoms with van der Waals surface area (Å²) in [5.74, 6) is 0.221. The summed E-state index contributed by atoms with van der Waals surface area (Å²) in [6.07, 6.45) is 1.35. The third-order valence-corrected chi connectivity index (χ3v) is 8.62. The molecular formula is C33H39N3O3. The van der Waals surface area contributed by atoms with E-state index in [9.17, 15) is 15.0 Å². The van der Waals surface area contributed by atoms with E-state index in [1.54, 1.807) is 12.1 Å². The molecule has 0 aliphatic carbocycles. The highest BCUT2D eigenvalue weighted by Crippen LogP contribution is 2.48. The van der Waals surface area contributed by atoms with Crippen molar-refractivity contribution in [1.82, 2.24) is 10.2 Å². The SMILES string of the molecule is C[C@@]12CNC[C@]1(C)CN(CC(=O)Nc1ccc(/C(=C(/CCCO)c3ccccc3)c3ccc(O)cc3)cc1)C2. The van der Waals surface area contributed by atoms with Gasteiger partial charge in [0.2, 0.25) is 5.91 Å². The van der Waals surface area contributed by atoms with E-state index in [1.165, 1.54) is 0 Å². The number of fused-ring (bicyclic) bond motifs is 1. The highest BCUT2D eigenvalue weighted by Gasteiger charge is 2.54. The largest absolute Gasteiger partial charge is 0.508 e. The van der Waals surface area contributed by atoms with Crippen LogP contribution in [0.4, 0.5) is 5.69 Å². The van der Waals surface area contributed by atoms with Crippen LogP contribution in [0.2, 0.25) is 0 Å². The second-order valence-electron chi connectivity index (χ2n) is 11.6. The molecule has 2 atom stereocenters. The van der Waals surface area contributed by atoms with Gasteiger partial charge in [-0.1, -0.05) is 68.4 Å². The second kappa shape index (κ2) is 11.3. The Labute approximate surface area is 231 Å². The van der Waals surface area contributed by atoms with Gasteiger partial charge in [0.15, 0.2) is 0 Å². The van der Waals surface area contributed by atoms with Gasteiger partial charge in [0.05, 0.1) is 6.54 Å². The first kappa shape index (κ1) is 27.1. The van der Waals surface area contributed by atoms with Crippen molar-refractivity contribution in [3.05, 3.63) is 95.6 Å². The minimum atomic E-state index is 0.00473. The van der Waals surface area contributed by atoms with Gasteiger partial charge >= 0.3 is 0 Å². The standard InChI is InChI=1S/C33H39N3O3/c1-32-20-34-21-33(32,2)23-36(22-32)19-30(39)35-27-14-10-25(11-15-27)31(26-12-16-28(38)17-13-26)29(9-6-18-37)24-7-4-3-5-8-24/h3-5,7-8,10-17,34,37-38H,6,9,18-23H2,1-2H3,(H,35,39)/b31-29+/t32-,33+. The number of anilines is 1. The summed E-state index contributed by atoms with van der Waals surface area (Å²) in [5.41, 5.74) is 6.45. The topological polar surface area (TPSA) is 84.8 Å². The molecule has 0 unspecified atom stereocenters. The highest BCUT2D eigenvalue weighted by atomic mass is 16.3. The number of aromatic hydroxyl groups is 1. The third-order valence-electron chi connectivity index (χ3n) is 8.62. The van der Waals surface area contributed by atoms with E-state index in [2.05, 4.69) is 41.5 Å². The number of phenols is 1. The Morgan fingerprint density at radius 2 is 1.46 bits per heavy atom. The number of nitrogens with zero attached hydrogens (tertiary/aromatic N) is 1. The Kier molecular flexibility index (Phi) is 7.89. The first-order valence-corrected chi connectivity index (χ1v) is 13.8. The Bertz CT molecular complexity index is 1300. The van der Waals surface area contributed by atoms with Crippen molar-refractivity contribution < 1.29 is 15.0 Å². The summed E-state index contributed by atoms with van der Waals surface area (Å²) in [5, 5.41) is 26.1. The van der Waals surface area contributed by atoms with Gasteiger partial charge in [-0.25, -0.2) is 0 Å². The van der Waals surface area contributed by atoms with Crippen molar-refractivity contribution in [3.63, 3.8) is 0 Å². The quantitative estimate of drug-likeness (QED) is 0.296. The maximum absolute atomic E-state index is 13.0. The van der Waals surface area contributed by atoms with Crippen LogP contribution in [0.15, 0.2) is 78.9 Å². The van der Waals surface area contributed by atoms with Gasteiger partial charge in [-0.05, 0) is 64.9 Å². The third kappa shape index (κ3) is 5.78. The van der Waals surface area contributed by atoms with Crippen molar-refractivity contribution in [2.75, 3.05) is 44.6 Å². The molecule has 1 amide bonds. The first-order valence-electron chi connectivity index (χ1n) is 13.8. The number of hydrogen-bond acceptors (Lipinski definition) is 5. The van der Waals surface area contributed by atoms with Crippen LogP contribution in [0.5, 0.6) is 5.75 Å². The molecule has 0 aromatic heterocycles. The molecule has 2 saturated heterocycles. The van der Waals surface area contributed by atoms with Crippen LogP contribution in [0.1, 0.15) is 43.4 Å². The molecule has 0 bridgehead atoms. The van der Waals surface area contributed by atoms with E-state index >= 15 is 0 Å². The lowest BCUT2D eigenvalue weighted by molar-refractivity contribution is -0.117. The van der Waals surface area contributed by atoms with Crippen molar-refractivity contribution in [2.45, 2.75) is 26.7 Å². The number of rotatable bonds is 9. The van der Waals surface area contributed by atoms with E-state index in [4.69, 9.17) is 0 Å². The lowest BCUT2D eigenvalue weighted by Crippen LogP contribution is -2.35. The van der Waals surface area contributed by atoms with Crippen LogP contribution >= 0.6 is 0 Å². The number of allylic oxidation sites excluding steroid dienone is 1. The second-order valence-corrected chi connectivity index (χ2v) is 11.6. The number of phenolic OH excluding ortho intramolecular Hbond substituents is 1. The van der Waals surface area contributed by atoms with Gasteiger partial charge < -0.3 is 20.8 Å². The molecule has 0 radical (unpaired) electrons. The summed E-state index contributed by atoms with van der Waals surface area (Å²) >= 11 is 0. The molecule has 2 fully saturated rings. The van der Waals surface area contributed by atoms with Crippen LogP contribution in [-0.2, 0) is 4.79 Å². The number of hydrogen-bond donors (Lipinski definition) is 4. The van der Waals surface area contributed by atoms with Gasteiger partial charge in [-0.3, -0.25) is 9.69 Å². The van der Waals surface area contributed by atoms with Gasteiger partial charge in [-0.2, -0.15) is 0 Å². The maximum Gasteiger partial charge on any atom is 0.238 e. The lowest BCUT2D eigenvalue weighted by atomic mass is 9.71. The Hall–Kier alpha value is -3.45. The zero-order valence-electron chi connectivity index (χ0n) is 22.9. The van der Waals surface area contributed by atoms with Crippen molar-refractivity contribution in [2.24, 2.45) is 10.8 Å². The zero-order valence-corrected chi connectivity index (χ0v) is 22.9. The van der Waals surface area contributed by atoms with E-state index < -0.39 is 0 Å². The van der Waals surface area contributed by atoms with Crippen LogP contribution in [-0.4, -0.2) is 60.4 Å². The minimum absolute atomic E-state index is 0.00473. The molecule has 6 heteroatoms. The maximum atomic E-state index is 13.0. The Morgan fingerprint density at radius 3 is 2.05 bits per heavy atom. The van der Waals surface area contributed by atoms with Crippen molar-refractivity contribution >= 4 is 22.7 Å². The summed E-state index contributed by atoms with van der Waals surface area (Å²) < 4.78 is 0. The molecular weight excluding hydrogens is 486 g/mol. The summed E-state index contributed by atoms with van der Waals surface area (Å²) in [6, 6.07) is 25.4. The number of carbonyl (C=O) groups is 1. The van der Waals surface area contributed by atoms with Crippen LogP contribution in [0.3, 0.4) is 0 Å². The van der Waals surface area contributed by atoms with Crippen molar-refractivity contribution in [1.29, 1.82) is 0 Å². The summed E-state index contributed by atoms with van der Waals surface area (Å²) in [7, 11) is 0. The molecule has 2 heterocycles. The van der Waals surface area contributed by atoms with Gasteiger partial charge in [0, 0.05) is 49.3 Å². The average Bonchev–Trinajstić information content (AvgIpc) is 3.34. The van der Waals surface area contributed by atoms with E-state index in [1.807, 2.05) is 54.6 Å². The molecule has 39 heavy (non-hydrogen) atoms. The predicted molar refractivity (Wildman–Crippen MR) is 157 cm³/mol. The smallest absolute Gasteiger partial charge is 0.238 e. The van der Waals surface area contributed by atoms with Crippen LogP contribution in [0, 0.1) is 10.8 Å². The lowest BCUT2D eigenvalue weighted by Gasteiger charge is -2.31. The number of amides is 1. The number of likely N-dealkylation sites (tertiary alicyclic amines) is 1. The molecule has 3 aromatic rings. The van der Waals surface area contributed by atoms with Crippen LogP contribution < -0.4 is 10.6 Å². The minimum Gasteiger partial charge on any atom is -0.508 e. The number of benzene rings is 3. The molecule has 6 nitrogen and oxygen atoms in total. The van der Waals surface area contributed by atoms with E-state index in [0.717, 1.165) is 59.7 Å². The molecule has 3 aromatic carbocycles. The number of carbonyl (C=O) groups excluding carboxylic acids is 1. The zero-order chi connectivity index (χ0) is 27.5. The normalized spacial score (nSPS) is 23.4. The Morgan fingerprint density at radius 1 is 0.872 bits per heavy atom. The van der Waals surface area contributed by atoms with Gasteiger partial charge in [0.25, 0.3) is 0 Å². The van der Waals surface area contributed by atoms with E-state index in [0.29, 0.717) is 19.4 Å². The highest BCUT2D eigenvalue weighted by molar-refractivity contribution is 5.99. The molecule has 0 spiro atoms. The summed E-state index contributed by atoms with van der Waals surface area (Å²) in [4.78, 5) is 15.2. The fourth-order valence-corrected chi connectivity index (χ4v) is 6.27. The number of nitrogens with one attached hydrogen (secondary N) is 2. The fourth-order valence-electron chi connectivity index (χ4n) is 6.27.